The lowest BCUT2D eigenvalue weighted by Crippen LogP contribution is -2.50. The molecule has 1 saturated carbocycles. The topological polar surface area (TPSA) is 66.5 Å². The maximum absolute atomic E-state index is 13.4. The van der Waals surface area contributed by atoms with Gasteiger partial charge in [0.25, 0.3) is 0 Å². The Morgan fingerprint density at radius 2 is 2.06 bits per heavy atom. The van der Waals surface area contributed by atoms with E-state index in [1.54, 1.807) is 7.11 Å². The first-order valence-electron chi connectivity index (χ1n) is 12.5. The molecular formula is C27H36N4O2. The average Bonchev–Trinajstić information content (AvgIpc) is 3.27. The predicted octanol–water partition coefficient (Wildman–Crippen LogP) is 3.67. The van der Waals surface area contributed by atoms with Crippen LogP contribution < -0.4 is 15.6 Å². The summed E-state index contributed by atoms with van der Waals surface area (Å²) in [6.07, 6.45) is 8.50. The highest BCUT2D eigenvalue weighted by Crippen LogP contribution is 2.35. The van der Waals surface area contributed by atoms with E-state index in [-0.39, 0.29) is 11.9 Å². The van der Waals surface area contributed by atoms with Gasteiger partial charge in [-0.1, -0.05) is 25.1 Å². The molecule has 176 valence electrons. The molecule has 6 nitrogen and oxygen atoms in total. The number of pyridine rings is 1. The SMILES string of the molecule is COc1cccc(Cc2ccc(C3CCCN(C(=O)C4NNC5CCC(C)CC54)C3)nc2)c1. The van der Waals surface area contributed by atoms with E-state index in [4.69, 9.17) is 9.72 Å². The lowest BCUT2D eigenvalue weighted by Gasteiger charge is -2.36. The van der Waals surface area contributed by atoms with Gasteiger partial charge in [0, 0.05) is 42.9 Å². The van der Waals surface area contributed by atoms with E-state index in [9.17, 15) is 4.79 Å². The Morgan fingerprint density at radius 3 is 2.88 bits per heavy atom. The smallest absolute Gasteiger partial charge is 0.241 e. The van der Waals surface area contributed by atoms with E-state index >= 15 is 0 Å². The highest BCUT2D eigenvalue weighted by Gasteiger charge is 2.44. The number of hydrogen-bond donors (Lipinski definition) is 2. The minimum Gasteiger partial charge on any atom is -0.497 e. The summed E-state index contributed by atoms with van der Waals surface area (Å²) in [6, 6.07) is 12.9. The van der Waals surface area contributed by atoms with Crippen LogP contribution in [0.2, 0.25) is 0 Å². The van der Waals surface area contributed by atoms with Gasteiger partial charge in [0.15, 0.2) is 0 Å². The molecule has 3 aliphatic rings. The summed E-state index contributed by atoms with van der Waals surface area (Å²) < 4.78 is 5.34. The molecule has 5 atom stereocenters. The van der Waals surface area contributed by atoms with Crippen LogP contribution in [0.15, 0.2) is 42.6 Å². The van der Waals surface area contributed by atoms with Crippen molar-refractivity contribution < 1.29 is 9.53 Å². The minimum atomic E-state index is -0.0882. The maximum Gasteiger partial charge on any atom is 0.241 e. The Labute approximate surface area is 197 Å². The third-order valence-electron chi connectivity index (χ3n) is 7.82. The van der Waals surface area contributed by atoms with E-state index in [1.807, 2.05) is 18.3 Å². The highest BCUT2D eigenvalue weighted by molar-refractivity contribution is 5.83. The number of methoxy groups -OCH3 is 1. The van der Waals surface area contributed by atoms with E-state index in [2.05, 4.69) is 46.9 Å². The molecule has 1 amide bonds. The molecule has 5 unspecified atom stereocenters. The molecule has 5 rings (SSSR count). The minimum absolute atomic E-state index is 0.0882. The van der Waals surface area contributed by atoms with Crippen LogP contribution >= 0.6 is 0 Å². The molecule has 0 bridgehead atoms. The number of carbonyl (C=O) groups is 1. The van der Waals surface area contributed by atoms with Crippen molar-refractivity contribution in [1.29, 1.82) is 0 Å². The quantitative estimate of drug-likeness (QED) is 0.731. The van der Waals surface area contributed by atoms with Crippen molar-refractivity contribution >= 4 is 5.91 Å². The Balaban J connectivity index is 1.22. The molecule has 2 aromatic rings. The molecule has 0 radical (unpaired) electrons. The van der Waals surface area contributed by atoms with Gasteiger partial charge < -0.3 is 9.64 Å². The van der Waals surface area contributed by atoms with Crippen LogP contribution in [0.5, 0.6) is 5.75 Å². The number of hydrogen-bond acceptors (Lipinski definition) is 5. The van der Waals surface area contributed by atoms with Gasteiger partial charge in [0.1, 0.15) is 11.8 Å². The molecule has 3 heterocycles. The van der Waals surface area contributed by atoms with Crippen molar-refractivity contribution in [2.75, 3.05) is 20.2 Å². The van der Waals surface area contributed by atoms with Crippen molar-refractivity contribution in [1.82, 2.24) is 20.7 Å². The number of ether oxygens (including phenoxy) is 1. The van der Waals surface area contributed by atoms with Crippen molar-refractivity contribution in [2.24, 2.45) is 11.8 Å². The molecule has 1 aromatic heterocycles. The van der Waals surface area contributed by atoms with Crippen LogP contribution in [0.3, 0.4) is 0 Å². The first kappa shape index (κ1) is 22.4. The number of fused-ring (bicyclic) bond motifs is 1. The molecule has 0 spiro atoms. The van der Waals surface area contributed by atoms with Crippen LogP contribution in [-0.2, 0) is 11.2 Å². The van der Waals surface area contributed by atoms with Crippen molar-refractivity contribution in [2.45, 2.75) is 63.5 Å². The Morgan fingerprint density at radius 1 is 1.15 bits per heavy atom. The lowest BCUT2D eigenvalue weighted by atomic mass is 9.76. The van der Waals surface area contributed by atoms with Crippen molar-refractivity contribution in [3.05, 3.63) is 59.4 Å². The lowest BCUT2D eigenvalue weighted by molar-refractivity contribution is -0.135. The molecule has 2 saturated heterocycles. The first-order chi connectivity index (χ1) is 16.1. The summed E-state index contributed by atoms with van der Waals surface area (Å²) >= 11 is 0. The molecule has 33 heavy (non-hydrogen) atoms. The summed E-state index contributed by atoms with van der Waals surface area (Å²) in [5, 5.41) is 0. The second-order valence-corrected chi connectivity index (χ2v) is 10.2. The Kier molecular flexibility index (Phi) is 6.65. The number of piperidine rings is 1. The molecule has 2 N–H and O–H groups in total. The molecule has 1 aliphatic carbocycles. The number of rotatable bonds is 5. The van der Waals surface area contributed by atoms with E-state index in [0.29, 0.717) is 23.8 Å². The van der Waals surface area contributed by atoms with E-state index < -0.39 is 0 Å². The van der Waals surface area contributed by atoms with Gasteiger partial charge >= 0.3 is 0 Å². The number of nitrogens with one attached hydrogen (secondary N) is 2. The summed E-state index contributed by atoms with van der Waals surface area (Å²) in [6.45, 7) is 3.94. The number of carbonyl (C=O) groups excluding carboxylic acids is 1. The zero-order chi connectivity index (χ0) is 22.8. The number of amides is 1. The normalized spacial score (nSPS) is 29.5. The van der Waals surface area contributed by atoms with Crippen LogP contribution in [0.25, 0.3) is 0 Å². The summed E-state index contributed by atoms with van der Waals surface area (Å²) in [7, 11) is 1.70. The van der Waals surface area contributed by atoms with Gasteiger partial charge in [-0.25, -0.2) is 5.43 Å². The van der Waals surface area contributed by atoms with Crippen molar-refractivity contribution in [3.8, 4) is 5.75 Å². The zero-order valence-electron chi connectivity index (χ0n) is 19.8. The predicted molar refractivity (Wildman–Crippen MR) is 129 cm³/mol. The van der Waals surface area contributed by atoms with Crippen LogP contribution in [0.4, 0.5) is 0 Å². The van der Waals surface area contributed by atoms with Gasteiger partial charge in [0.2, 0.25) is 5.91 Å². The van der Waals surface area contributed by atoms with E-state index in [1.165, 1.54) is 17.5 Å². The third kappa shape index (κ3) is 4.92. The number of nitrogens with zero attached hydrogens (tertiary/aromatic N) is 2. The van der Waals surface area contributed by atoms with Gasteiger partial charge in [-0.2, -0.15) is 0 Å². The van der Waals surface area contributed by atoms with E-state index in [0.717, 1.165) is 56.6 Å². The third-order valence-corrected chi connectivity index (χ3v) is 7.82. The fraction of sp³-hybridized carbons (Fsp3) is 0.556. The van der Waals surface area contributed by atoms with Gasteiger partial charge in [-0.15, -0.1) is 0 Å². The van der Waals surface area contributed by atoms with Crippen LogP contribution in [0.1, 0.15) is 61.8 Å². The van der Waals surface area contributed by atoms with Crippen molar-refractivity contribution in [3.63, 3.8) is 0 Å². The number of hydrazine groups is 1. The number of aromatic nitrogens is 1. The molecule has 1 aromatic carbocycles. The molecular weight excluding hydrogens is 412 g/mol. The van der Waals surface area contributed by atoms with Gasteiger partial charge in [-0.3, -0.25) is 15.2 Å². The fourth-order valence-electron chi connectivity index (χ4n) is 5.94. The molecule has 3 fully saturated rings. The summed E-state index contributed by atoms with van der Waals surface area (Å²) in [5.41, 5.74) is 10.3. The van der Waals surface area contributed by atoms with Crippen LogP contribution in [0, 0.1) is 11.8 Å². The second kappa shape index (κ2) is 9.82. The van der Waals surface area contributed by atoms with Gasteiger partial charge in [-0.05, 0) is 73.8 Å². The zero-order valence-corrected chi connectivity index (χ0v) is 19.8. The Bertz CT molecular complexity index is 963. The monoisotopic (exact) mass is 448 g/mol. The van der Waals surface area contributed by atoms with Gasteiger partial charge in [0.05, 0.1) is 7.11 Å². The first-order valence-corrected chi connectivity index (χ1v) is 12.5. The second-order valence-electron chi connectivity index (χ2n) is 10.2. The van der Waals surface area contributed by atoms with Crippen LogP contribution in [-0.4, -0.2) is 48.1 Å². The summed E-state index contributed by atoms with van der Waals surface area (Å²) in [5.74, 6) is 2.57. The Hall–Kier alpha value is -2.44. The standard InChI is InChI=1S/C27H36N4O2/c1-18-8-10-25-23(13-18)26(30-29-25)27(32)31-12-4-6-21(17-31)24-11-9-20(16-28-24)14-19-5-3-7-22(15-19)33-2/h3,5,7,9,11,15-16,18,21,23,25-26,29-30H,4,6,8,10,12-14,17H2,1-2H3. The number of likely N-dealkylation sites (tertiary alicyclic amines) is 1. The maximum atomic E-state index is 13.4. The fourth-order valence-corrected chi connectivity index (χ4v) is 5.94. The highest BCUT2D eigenvalue weighted by atomic mass is 16.5. The molecule has 2 aliphatic heterocycles. The summed E-state index contributed by atoms with van der Waals surface area (Å²) in [4.78, 5) is 20.3. The molecule has 6 heteroatoms. The average molecular weight is 449 g/mol. The largest absolute Gasteiger partial charge is 0.497 e. The number of benzene rings is 1.